The van der Waals surface area contributed by atoms with E-state index in [9.17, 15) is 4.79 Å². The third kappa shape index (κ3) is 26.1. The molecule has 46 valence electrons. The number of hydrogen-bond donors (Lipinski definition) is 1. The van der Waals surface area contributed by atoms with Crippen molar-refractivity contribution in [2.75, 3.05) is 14.1 Å². The molecule has 0 aromatic heterocycles. The standard InChI is InChI=1S/C3H7NO.H3N.H2S/c1-4(2)3-5;;/h3H,1-2H3;1H3;1H2. The van der Waals surface area contributed by atoms with Crippen LogP contribution in [0, 0.1) is 0 Å². The summed E-state index contributed by atoms with van der Waals surface area (Å²) in [5, 5.41) is 0. The van der Waals surface area contributed by atoms with Crippen LogP contribution in [0.3, 0.4) is 0 Å². The van der Waals surface area contributed by atoms with E-state index in [4.69, 9.17) is 0 Å². The minimum atomic E-state index is 0. The monoisotopic (exact) mass is 124 g/mol. The molecule has 1 amide bonds. The molecule has 0 aliphatic heterocycles. The Morgan fingerprint density at radius 3 is 1.57 bits per heavy atom. The molecule has 3 N–H and O–H groups in total. The highest BCUT2D eigenvalue weighted by Gasteiger charge is 1.68. The molecule has 0 atom stereocenters. The van der Waals surface area contributed by atoms with Crippen LogP contribution >= 0.6 is 13.5 Å². The topological polar surface area (TPSA) is 55.3 Å². The normalized spacial score (nSPS) is 4.86. The Hall–Kier alpha value is -0.220. The third-order valence-corrected chi connectivity index (χ3v) is 0.211. The zero-order chi connectivity index (χ0) is 4.28. The van der Waals surface area contributed by atoms with Gasteiger partial charge in [0.15, 0.2) is 0 Å². The quantitative estimate of drug-likeness (QED) is 0.499. The smallest absolute Gasteiger partial charge is 0.209 e. The van der Waals surface area contributed by atoms with Crippen molar-refractivity contribution in [1.29, 1.82) is 0 Å². The summed E-state index contributed by atoms with van der Waals surface area (Å²) in [6, 6.07) is 0. The fraction of sp³-hybridized carbons (Fsp3) is 0.667. The molecule has 0 rings (SSSR count). The van der Waals surface area contributed by atoms with Crippen molar-refractivity contribution in [2.24, 2.45) is 0 Å². The van der Waals surface area contributed by atoms with Crippen LogP contribution in [-0.2, 0) is 4.79 Å². The number of carbonyl (C=O) groups is 1. The van der Waals surface area contributed by atoms with E-state index in [2.05, 4.69) is 0 Å². The van der Waals surface area contributed by atoms with E-state index < -0.39 is 0 Å². The molecule has 0 aromatic carbocycles. The summed E-state index contributed by atoms with van der Waals surface area (Å²) in [6.45, 7) is 0. The van der Waals surface area contributed by atoms with Crippen molar-refractivity contribution in [3.8, 4) is 0 Å². The van der Waals surface area contributed by atoms with Crippen LogP contribution in [0.5, 0.6) is 0 Å². The number of amides is 1. The van der Waals surface area contributed by atoms with Gasteiger partial charge in [-0.05, 0) is 0 Å². The molecule has 4 heteroatoms. The first-order chi connectivity index (χ1) is 2.27. The van der Waals surface area contributed by atoms with Gasteiger partial charge < -0.3 is 11.1 Å². The van der Waals surface area contributed by atoms with Gasteiger partial charge in [0.2, 0.25) is 6.41 Å². The fourth-order valence-electron chi connectivity index (χ4n) is 0. The second-order valence-electron chi connectivity index (χ2n) is 1.07. The Morgan fingerprint density at radius 2 is 1.57 bits per heavy atom. The van der Waals surface area contributed by atoms with E-state index in [1.807, 2.05) is 0 Å². The molecule has 7 heavy (non-hydrogen) atoms. The van der Waals surface area contributed by atoms with Crippen LogP contribution in [0.15, 0.2) is 0 Å². The van der Waals surface area contributed by atoms with Crippen molar-refractivity contribution < 1.29 is 4.79 Å². The van der Waals surface area contributed by atoms with E-state index in [1.165, 1.54) is 4.90 Å². The van der Waals surface area contributed by atoms with Crippen LogP contribution in [-0.4, -0.2) is 25.4 Å². The molecule has 0 fully saturated rings. The Balaban J connectivity index is -0.0000000800. The van der Waals surface area contributed by atoms with E-state index in [1.54, 1.807) is 14.1 Å². The molecule has 0 bridgehead atoms. The van der Waals surface area contributed by atoms with Crippen LogP contribution in [0.1, 0.15) is 0 Å². The van der Waals surface area contributed by atoms with Gasteiger partial charge >= 0.3 is 0 Å². The highest BCUT2D eigenvalue weighted by molar-refractivity contribution is 7.59. The summed E-state index contributed by atoms with van der Waals surface area (Å²) < 4.78 is 0. The molecule has 0 saturated carbocycles. The molecule has 3 nitrogen and oxygen atoms in total. The Labute approximate surface area is 50.7 Å². The van der Waals surface area contributed by atoms with Gasteiger partial charge in [-0.3, -0.25) is 4.79 Å². The Morgan fingerprint density at radius 1 is 1.43 bits per heavy atom. The maximum Gasteiger partial charge on any atom is 0.209 e. The summed E-state index contributed by atoms with van der Waals surface area (Å²) in [5.74, 6) is 0. The SMILES string of the molecule is CN(C)C=O.N.S. The van der Waals surface area contributed by atoms with Gasteiger partial charge in [0.05, 0.1) is 0 Å². The highest BCUT2D eigenvalue weighted by Crippen LogP contribution is 1.52. The maximum absolute atomic E-state index is 9.43. The summed E-state index contributed by atoms with van der Waals surface area (Å²) in [5.41, 5.74) is 0. The van der Waals surface area contributed by atoms with Crippen LogP contribution < -0.4 is 6.15 Å². The summed E-state index contributed by atoms with van der Waals surface area (Å²) in [6.07, 6.45) is 0.750. The number of hydrogen-bond acceptors (Lipinski definition) is 2. The number of carbonyl (C=O) groups excluding carboxylic acids is 1. The lowest BCUT2D eigenvalue weighted by Gasteiger charge is -1.93. The highest BCUT2D eigenvalue weighted by atomic mass is 32.1. The molecule has 0 heterocycles. The molecule has 0 aromatic rings. The second-order valence-corrected chi connectivity index (χ2v) is 1.07. The van der Waals surface area contributed by atoms with Crippen molar-refractivity contribution in [2.45, 2.75) is 0 Å². The van der Waals surface area contributed by atoms with Gasteiger partial charge in [0, 0.05) is 14.1 Å². The lowest BCUT2D eigenvalue weighted by Crippen LogP contribution is -2.06. The fourth-order valence-corrected chi connectivity index (χ4v) is 0. The largest absolute Gasteiger partial charge is 0.351 e. The minimum absolute atomic E-state index is 0. The van der Waals surface area contributed by atoms with Crippen molar-refractivity contribution in [3.63, 3.8) is 0 Å². The van der Waals surface area contributed by atoms with Crippen molar-refractivity contribution in [1.82, 2.24) is 11.1 Å². The first-order valence-corrected chi connectivity index (χ1v) is 1.39. The zero-order valence-corrected chi connectivity index (χ0v) is 5.64. The van der Waals surface area contributed by atoms with Crippen LogP contribution in [0.25, 0.3) is 0 Å². The molecule has 0 radical (unpaired) electrons. The predicted octanol–water partition coefficient (Wildman–Crippen LogP) is -0.0208. The molecule has 0 unspecified atom stereocenters. The Bertz CT molecular complexity index is 39.9. The summed E-state index contributed by atoms with van der Waals surface area (Å²) >= 11 is 0. The molecular formula is C3H12N2OS. The molecular weight excluding hydrogens is 112 g/mol. The molecule has 0 spiro atoms. The van der Waals surface area contributed by atoms with Gasteiger partial charge in [-0.15, -0.1) is 0 Å². The first kappa shape index (κ1) is 15.9. The average Bonchev–Trinajstić information content (AvgIpc) is 1.38. The number of rotatable bonds is 1. The van der Waals surface area contributed by atoms with Crippen molar-refractivity contribution >= 4 is 19.9 Å². The minimum Gasteiger partial charge on any atom is -0.351 e. The first-order valence-electron chi connectivity index (χ1n) is 1.39. The average molecular weight is 124 g/mol. The molecule has 0 saturated heterocycles. The van der Waals surface area contributed by atoms with Gasteiger partial charge in [0.25, 0.3) is 0 Å². The van der Waals surface area contributed by atoms with Gasteiger partial charge in [-0.25, -0.2) is 0 Å². The van der Waals surface area contributed by atoms with E-state index in [0.29, 0.717) is 0 Å². The Kier molecular flexibility index (Phi) is 20.9. The third-order valence-electron chi connectivity index (χ3n) is 0.211. The zero-order valence-electron chi connectivity index (χ0n) is 4.64. The maximum atomic E-state index is 9.43. The van der Waals surface area contributed by atoms with Crippen LogP contribution in [0.2, 0.25) is 0 Å². The van der Waals surface area contributed by atoms with Gasteiger partial charge in [-0.2, -0.15) is 13.5 Å². The predicted molar refractivity (Wildman–Crippen MR) is 35.2 cm³/mol. The summed E-state index contributed by atoms with van der Waals surface area (Å²) in [7, 11) is 3.38. The lowest BCUT2D eigenvalue weighted by atomic mass is 11.0. The van der Waals surface area contributed by atoms with E-state index >= 15 is 0 Å². The van der Waals surface area contributed by atoms with Gasteiger partial charge in [0.1, 0.15) is 0 Å². The number of nitrogens with zero attached hydrogens (tertiary/aromatic N) is 1. The second kappa shape index (κ2) is 9.24. The van der Waals surface area contributed by atoms with E-state index in [-0.39, 0.29) is 19.6 Å². The van der Waals surface area contributed by atoms with Crippen LogP contribution in [0.4, 0.5) is 0 Å². The van der Waals surface area contributed by atoms with Crippen molar-refractivity contribution in [3.05, 3.63) is 0 Å². The van der Waals surface area contributed by atoms with Gasteiger partial charge in [-0.1, -0.05) is 0 Å². The lowest BCUT2D eigenvalue weighted by molar-refractivity contribution is -0.115. The molecule has 0 aliphatic rings. The summed E-state index contributed by atoms with van der Waals surface area (Å²) in [4.78, 5) is 10.9. The van der Waals surface area contributed by atoms with E-state index in [0.717, 1.165) is 6.41 Å². The molecule has 0 aliphatic carbocycles.